The molecule has 0 N–H and O–H groups in total. The fraction of sp³-hybridized carbons (Fsp3) is 0. The predicted octanol–water partition coefficient (Wildman–Crippen LogP) is 8.88. The van der Waals surface area contributed by atoms with Crippen molar-refractivity contribution in [3.63, 3.8) is 0 Å². The van der Waals surface area contributed by atoms with Gasteiger partial charge in [-0.1, -0.05) is 41.7 Å². The fourth-order valence-corrected chi connectivity index (χ4v) is 7.24. The second-order valence-corrected chi connectivity index (χ2v) is 13.1. The van der Waals surface area contributed by atoms with Gasteiger partial charge in [0.15, 0.2) is 69.8 Å². The summed E-state index contributed by atoms with van der Waals surface area (Å²) in [5.41, 5.74) is -11.3. The first-order valence-electron chi connectivity index (χ1n) is 16.0. The van der Waals surface area contributed by atoms with E-state index in [0.717, 1.165) is 11.3 Å². The van der Waals surface area contributed by atoms with Crippen LogP contribution in [0, 0.1) is 116 Å². The van der Waals surface area contributed by atoms with Gasteiger partial charge in [0.05, 0.1) is 0 Å². The summed E-state index contributed by atoms with van der Waals surface area (Å²) in [6.07, 6.45) is -7.22. The van der Waals surface area contributed by atoms with E-state index in [4.69, 9.17) is 4.84 Å². The van der Waals surface area contributed by atoms with Crippen molar-refractivity contribution in [2.75, 3.05) is 0 Å². The third-order valence-electron chi connectivity index (χ3n) is 9.03. The molecule has 0 radical (unpaired) electrons. The van der Waals surface area contributed by atoms with Crippen LogP contribution in [-0.4, -0.2) is 6.15 Å². The van der Waals surface area contributed by atoms with Crippen molar-refractivity contribution in [1.29, 1.82) is 0 Å². The molecular formula is C37H10BF20NOS. The Morgan fingerprint density at radius 2 is 0.590 bits per heavy atom. The SMILES string of the molecule is Fc1c(F)c(F)c([B-](c2c(F)c(F)c(F)c(F)c2F)(c2c(F)c(F)c(F)c(F)c2F)c2c(F)c(F)c(F)c(F)c2F)c(F)c1F.c1ccc(O[n+]2csc3ccccc32)cc1. The Morgan fingerprint density at radius 1 is 0.328 bits per heavy atom. The highest BCUT2D eigenvalue weighted by atomic mass is 32.1. The van der Waals surface area contributed by atoms with Crippen molar-refractivity contribution >= 4 is 49.6 Å². The number of nitrogens with zero attached hydrogens (tertiary/aromatic N) is 1. The maximum Gasteiger partial charge on any atom is 0.278 e. The number of benzene rings is 6. The third-order valence-corrected chi connectivity index (χ3v) is 9.93. The molecule has 0 amide bonds. The van der Waals surface area contributed by atoms with E-state index in [2.05, 4.69) is 12.1 Å². The van der Waals surface area contributed by atoms with E-state index in [1.807, 2.05) is 48.0 Å². The molecule has 2 nitrogen and oxygen atoms in total. The van der Waals surface area contributed by atoms with Crippen LogP contribution in [0.3, 0.4) is 0 Å². The molecule has 1 aromatic heterocycles. The van der Waals surface area contributed by atoms with Gasteiger partial charge in [-0.25, -0.2) is 92.6 Å². The Morgan fingerprint density at radius 3 is 0.902 bits per heavy atom. The number of rotatable bonds is 6. The first-order chi connectivity index (χ1) is 28.6. The van der Waals surface area contributed by atoms with Crippen LogP contribution in [0.15, 0.2) is 60.1 Å². The number of para-hydroxylation sites is 2. The third kappa shape index (κ3) is 6.75. The lowest BCUT2D eigenvalue weighted by atomic mass is 9.12. The molecular weight excluding hydrogens is 897 g/mol. The molecule has 0 saturated carbocycles. The zero-order chi connectivity index (χ0) is 45.2. The van der Waals surface area contributed by atoms with Crippen LogP contribution in [0.4, 0.5) is 87.8 Å². The van der Waals surface area contributed by atoms with Gasteiger partial charge in [0, 0.05) is 10.8 Å². The molecule has 0 aliphatic heterocycles. The molecule has 0 aliphatic rings. The molecule has 7 aromatic rings. The minimum absolute atomic E-state index is 0.844. The molecule has 0 unspecified atom stereocenters. The summed E-state index contributed by atoms with van der Waals surface area (Å²) >= 11 is 1.67. The molecule has 1 heterocycles. The largest absolute Gasteiger partial charge is 0.278 e. The van der Waals surface area contributed by atoms with Crippen LogP contribution in [0.25, 0.3) is 10.2 Å². The molecule has 0 aliphatic carbocycles. The van der Waals surface area contributed by atoms with Gasteiger partial charge in [-0.15, -0.1) is 21.9 Å². The van der Waals surface area contributed by atoms with Crippen molar-refractivity contribution in [3.05, 3.63) is 176 Å². The average Bonchev–Trinajstić information content (AvgIpc) is 3.66. The average molecular weight is 907 g/mol. The van der Waals surface area contributed by atoms with Crippen LogP contribution >= 0.6 is 11.3 Å². The molecule has 0 bridgehead atoms. The van der Waals surface area contributed by atoms with Crippen LogP contribution in [0.2, 0.25) is 0 Å². The molecule has 6 aromatic carbocycles. The van der Waals surface area contributed by atoms with Gasteiger partial charge < -0.3 is 0 Å². The smallest absolute Gasteiger partial charge is 0.230 e. The van der Waals surface area contributed by atoms with Crippen molar-refractivity contribution in [2.45, 2.75) is 0 Å². The highest BCUT2D eigenvalue weighted by Crippen LogP contribution is 2.31. The molecule has 61 heavy (non-hydrogen) atoms. The van der Waals surface area contributed by atoms with E-state index in [-0.39, 0.29) is 0 Å². The molecule has 24 heteroatoms. The summed E-state index contributed by atoms with van der Waals surface area (Å²) in [4.78, 5) is 5.76. The monoisotopic (exact) mass is 907 g/mol. The number of hydrogen-bond acceptors (Lipinski definition) is 2. The number of fused-ring (bicyclic) bond motifs is 1. The van der Waals surface area contributed by atoms with Crippen LogP contribution in [0.1, 0.15) is 0 Å². The van der Waals surface area contributed by atoms with Gasteiger partial charge in [-0.3, -0.25) is 0 Å². The fourth-order valence-electron chi connectivity index (χ4n) is 6.44. The predicted molar refractivity (Wildman–Crippen MR) is 174 cm³/mol. The lowest BCUT2D eigenvalue weighted by Gasteiger charge is -2.44. The highest BCUT2D eigenvalue weighted by molar-refractivity contribution is 7.20. The van der Waals surface area contributed by atoms with Gasteiger partial charge in [0.1, 0.15) is 57.4 Å². The van der Waals surface area contributed by atoms with Crippen molar-refractivity contribution in [3.8, 4) is 5.75 Å². The lowest BCUT2D eigenvalue weighted by molar-refractivity contribution is -0.851. The number of hydrogen-bond donors (Lipinski definition) is 0. The molecule has 318 valence electrons. The number of halogens is 20. The van der Waals surface area contributed by atoms with Gasteiger partial charge in [0.2, 0.25) is 5.75 Å². The van der Waals surface area contributed by atoms with E-state index < -0.39 is 144 Å². The van der Waals surface area contributed by atoms with Crippen molar-refractivity contribution in [2.24, 2.45) is 0 Å². The zero-order valence-electron chi connectivity index (χ0n) is 28.7. The van der Waals surface area contributed by atoms with E-state index in [1.54, 1.807) is 16.1 Å². The Balaban J connectivity index is 0.000000321. The van der Waals surface area contributed by atoms with E-state index in [9.17, 15) is 52.7 Å². The Hall–Kier alpha value is -6.33. The molecule has 7 rings (SSSR count). The second-order valence-electron chi connectivity index (χ2n) is 12.2. The summed E-state index contributed by atoms with van der Waals surface area (Å²) in [5, 5.41) is 0. The second kappa shape index (κ2) is 16.3. The Bertz CT molecular complexity index is 2530. The standard InChI is InChI=1S/C24BF20.C13H10NOS/c26-5-1(6(27)14(35)21(42)13(5)34)25(2-7(28)15(36)22(43)16(37)8(2)29,3-9(30)17(38)23(44)18(39)10(3)31)4-11(32)19(40)24(45)20(41)12(4)33;1-2-6-11(7-3-1)15-14-10-16-13-9-5-4-8-12(13)14/h;1-10H/q-1;+1. The van der Waals surface area contributed by atoms with E-state index in [1.165, 1.54) is 4.70 Å². The summed E-state index contributed by atoms with van der Waals surface area (Å²) in [5.74, 6) is -70.6. The van der Waals surface area contributed by atoms with E-state index >= 15 is 35.1 Å². The maximum atomic E-state index is 15.4. The molecule has 0 atom stereocenters. The Labute approximate surface area is 329 Å². The first-order valence-corrected chi connectivity index (χ1v) is 16.9. The van der Waals surface area contributed by atoms with Crippen molar-refractivity contribution < 1.29 is 97.4 Å². The summed E-state index contributed by atoms with van der Waals surface area (Å²) in [6, 6.07) is 18.0. The summed E-state index contributed by atoms with van der Waals surface area (Å²) < 4.78 is 297. The summed E-state index contributed by atoms with van der Waals surface area (Å²) in [7, 11) is 0. The molecule has 0 fully saturated rings. The van der Waals surface area contributed by atoms with Crippen LogP contribution < -0.4 is 31.4 Å². The first kappa shape index (κ1) is 44.2. The summed E-state index contributed by atoms with van der Waals surface area (Å²) in [6.45, 7) is 0. The van der Waals surface area contributed by atoms with Crippen molar-refractivity contribution in [1.82, 2.24) is 0 Å². The minimum atomic E-state index is -7.22. The number of aromatic nitrogens is 1. The van der Waals surface area contributed by atoms with Crippen LogP contribution in [0.5, 0.6) is 5.75 Å². The zero-order valence-corrected chi connectivity index (χ0v) is 29.5. The molecule has 0 saturated heterocycles. The van der Waals surface area contributed by atoms with Gasteiger partial charge in [-0.05, 0) is 18.2 Å². The van der Waals surface area contributed by atoms with Gasteiger partial charge in [0.25, 0.3) is 11.0 Å². The van der Waals surface area contributed by atoms with Crippen LogP contribution in [-0.2, 0) is 0 Å². The maximum absolute atomic E-state index is 15.4. The number of thiazole rings is 1. The topological polar surface area (TPSA) is 13.1 Å². The quantitative estimate of drug-likeness (QED) is 0.0535. The van der Waals surface area contributed by atoms with Gasteiger partial charge in [-0.2, -0.15) is 0 Å². The highest BCUT2D eigenvalue weighted by Gasteiger charge is 2.52. The Kier molecular flexibility index (Phi) is 11.8. The van der Waals surface area contributed by atoms with E-state index in [0.29, 0.717) is 0 Å². The minimum Gasteiger partial charge on any atom is -0.230 e. The lowest BCUT2D eigenvalue weighted by Crippen LogP contribution is -2.81. The normalized spacial score (nSPS) is 11.6. The molecule has 0 spiro atoms. The van der Waals surface area contributed by atoms with Gasteiger partial charge >= 0.3 is 0 Å².